The van der Waals surface area contributed by atoms with E-state index in [0.29, 0.717) is 6.33 Å². The Bertz CT molecular complexity index is 187. The maximum atomic E-state index is 11.9. The van der Waals surface area contributed by atoms with Gasteiger partial charge < -0.3 is 5.32 Å². The molecule has 0 aliphatic heterocycles. The minimum atomic E-state index is -0.495. The molecule has 76 valence electrons. The Balaban J connectivity index is 4.32. The number of rotatable bonds is 5. The topological polar surface area (TPSA) is 29.1 Å². The summed E-state index contributed by atoms with van der Waals surface area (Å²) in [7, 11) is 0. The zero-order valence-electron chi connectivity index (χ0n) is 8.67. The number of nitrogens with one attached hydrogen (secondary N) is 1. The van der Waals surface area contributed by atoms with Gasteiger partial charge in [0.1, 0.15) is 0 Å². The summed E-state index contributed by atoms with van der Waals surface area (Å²) in [5, 5.41) is 2.99. The van der Waals surface area contributed by atoms with Gasteiger partial charge in [0.2, 0.25) is 0 Å². The lowest BCUT2D eigenvalue weighted by Crippen LogP contribution is -2.41. The molecule has 0 aliphatic carbocycles. The number of carbonyl (C=O) groups is 1. The summed E-state index contributed by atoms with van der Waals surface area (Å²) in [6.45, 7) is 7.46. The van der Waals surface area contributed by atoms with Gasteiger partial charge in [-0.25, -0.2) is 4.39 Å². The van der Waals surface area contributed by atoms with Crippen molar-refractivity contribution in [2.75, 3.05) is 0 Å². The van der Waals surface area contributed by atoms with Crippen LogP contribution in [-0.4, -0.2) is 17.9 Å². The van der Waals surface area contributed by atoms with E-state index in [0.717, 1.165) is 0 Å². The predicted octanol–water partition coefficient (Wildman–Crippen LogP) is 2.06. The van der Waals surface area contributed by atoms with Crippen molar-refractivity contribution in [2.24, 2.45) is 5.92 Å². The normalized spacial score (nSPS) is 14.4. The summed E-state index contributed by atoms with van der Waals surface area (Å²) in [5.41, 5.74) is 0. The van der Waals surface area contributed by atoms with E-state index in [1.165, 1.54) is 6.08 Å². The molecule has 1 atom stereocenters. The van der Waals surface area contributed by atoms with Gasteiger partial charge in [-0.15, -0.1) is 0 Å². The Kier molecular flexibility index (Phi) is 5.55. The second kappa shape index (κ2) is 5.86. The molecule has 0 radical (unpaired) electrons. The molecular formula is C10H18FNO. The molecule has 0 heterocycles. The molecule has 0 spiro atoms. The SMILES string of the molecule is CC(C)NC(/C=C/F)C(=O)C(C)C. The van der Waals surface area contributed by atoms with Crippen LogP contribution in [0.4, 0.5) is 4.39 Å². The standard InChI is InChI=1S/C10H18FNO/c1-7(2)10(13)9(5-6-11)12-8(3)4/h5-9,12H,1-4H3/b6-5+. The summed E-state index contributed by atoms with van der Waals surface area (Å²) in [5.74, 6) is -0.0601. The average molecular weight is 187 g/mol. The predicted molar refractivity (Wildman–Crippen MR) is 52.2 cm³/mol. The molecule has 1 unspecified atom stereocenters. The quantitative estimate of drug-likeness (QED) is 0.713. The lowest BCUT2D eigenvalue weighted by molar-refractivity contribution is -0.123. The van der Waals surface area contributed by atoms with Crippen LogP contribution in [0.1, 0.15) is 27.7 Å². The Morgan fingerprint density at radius 2 is 1.85 bits per heavy atom. The van der Waals surface area contributed by atoms with Crippen molar-refractivity contribution in [3.05, 3.63) is 12.4 Å². The van der Waals surface area contributed by atoms with Crippen molar-refractivity contribution in [3.63, 3.8) is 0 Å². The fraction of sp³-hybridized carbons (Fsp3) is 0.700. The van der Waals surface area contributed by atoms with E-state index in [9.17, 15) is 9.18 Å². The number of Topliss-reactive ketones (excluding diaryl/α,β-unsaturated/α-hetero) is 1. The van der Waals surface area contributed by atoms with Gasteiger partial charge in [-0.2, -0.15) is 0 Å². The van der Waals surface area contributed by atoms with Crippen LogP contribution in [0.2, 0.25) is 0 Å². The monoisotopic (exact) mass is 187 g/mol. The first kappa shape index (κ1) is 12.3. The van der Waals surface area contributed by atoms with Gasteiger partial charge in [-0.05, 0) is 19.9 Å². The molecule has 13 heavy (non-hydrogen) atoms. The zero-order chi connectivity index (χ0) is 10.4. The van der Waals surface area contributed by atoms with E-state index in [-0.39, 0.29) is 17.7 Å². The molecule has 0 fully saturated rings. The van der Waals surface area contributed by atoms with E-state index in [4.69, 9.17) is 0 Å². The molecule has 0 aromatic heterocycles. The summed E-state index contributed by atoms with van der Waals surface area (Å²) < 4.78 is 11.9. The highest BCUT2D eigenvalue weighted by molar-refractivity contribution is 5.87. The number of carbonyl (C=O) groups excluding carboxylic acids is 1. The van der Waals surface area contributed by atoms with Crippen LogP contribution in [0.5, 0.6) is 0 Å². The van der Waals surface area contributed by atoms with Gasteiger partial charge in [0.15, 0.2) is 5.78 Å². The number of hydrogen-bond donors (Lipinski definition) is 1. The lowest BCUT2D eigenvalue weighted by atomic mass is 10.0. The molecule has 0 saturated carbocycles. The summed E-state index contributed by atoms with van der Waals surface area (Å²) in [4.78, 5) is 11.5. The van der Waals surface area contributed by atoms with Crippen molar-refractivity contribution in [3.8, 4) is 0 Å². The van der Waals surface area contributed by atoms with Crippen LogP contribution >= 0.6 is 0 Å². The Morgan fingerprint density at radius 3 is 2.15 bits per heavy atom. The highest BCUT2D eigenvalue weighted by atomic mass is 19.1. The third kappa shape index (κ3) is 4.78. The van der Waals surface area contributed by atoms with Crippen molar-refractivity contribution in [2.45, 2.75) is 39.8 Å². The molecule has 3 heteroatoms. The molecular weight excluding hydrogens is 169 g/mol. The molecule has 0 saturated heterocycles. The second-order valence-electron chi connectivity index (χ2n) is 3.67. The summed E-state index contributed by atoms with van der Waals surface area (Å²) in [6.07, 6.45) is 1.67. The Morgan fingerprint density at radius 1 is 1.31 bits per heavy atom. The van der Waals surface area contributed by atoms with Crippen LogP contribution in [-0.2, 0) is 4.79 Å². The number of hydrogen-bond acceptors (Lipinski definition) is 2. The summed E-state index contributed by atoms with van der Waals surface area (Å²) in [6, 6.07) is -0.325. The van der Waals surface area contributed by atoms with Crippen LogP contribution in [0.3, 0.4) is 0 Å². The molecule has 0 amide bonds. The van der Waals surface area contributed by atoms with Crippen LogP contribution in [0, 0.1) is 5.92 Å². The molecule has 1 N–H and O–H groups in total. The Labute approximate surface area is 79.2 Å². The highest BCUT2D eigenvalue weighted by Gasteiger charge is 2.18. The van der Waals surface area contributed by atoms with Gasteiger partial charge in [-0.1, -0.05) is 13.8 Å². The van der Waals surface area contributed by atoms with Gasteiger partial charge in [-0.3, -0.25) is 4.79 Å². The summed E-state index contributed by atoms with van der Waals surface area (Å²) >= 11 is 0. The lowest BCUT2D eigenvalue weighted by Gasteiger charge is -2.18. The van der Waals surface area contributed by atoms with Crippen LogP contribution in [0.15, 0.2) is 12.4 Å². The molecule has 2 nitrogen and oxygen atoms in total. The molecule has 0 rings (SSSR count). The minimum absolute atomic E-state index is 0.0163. The van der Waals surface area contributed by atoms with Crippen molar-refractivity contribution < 1.29 is 9.18 Å². The van der Waals surface area contributed by atoms with Crippen molar-refractivity contribution >= 4 is 5.78 Å². The van der Waals surface area contributed by atoms with Gasteiger partial charge in [0.25, 0.3) is 0 Å². The zero-order valence-corrected chi connectivity index (χ0v) is 8.67. The van der Waals surface area contributed by atoms with E-state index in [1.807, 2.05) is 27.7 Å². The van der Waals surface area contributed by atoms with E-state index >= 15 is 0 Å². The average Bonchev–Trinajstić information content (AvgIpc) is 2.01. The third-order valence-corrected chi connectivity index (χ3v) is 1.65. The van der Waals surface area contributed by atoms with Crippen molar-refractivity contribution in [1.29, 1.82) is 0 Å². The smallest absolute Gasteiger partial charge is 0.156 e. The molecule has 0 aliphatic rings. The van der Waals surface area contributed by atoms with E-state index in [2.05, 4.69) is 5.32 Å². The number of ketones is 1. The van der Waals surface area contributed by atoms with E-state index < -0.39 is 6.04 Å². The highest BCUT2D eigenvalue weighted by Crippen LogP contribution is 2.02. The van der Waals surface area contributed by atoms with Gasteiger partial charge in [0.05, 0.1) is 12.4 Å². The second-order valence-corrected chi connectivity index (χ2v) is 3.67. The Hall–Kier alpha value is -0.700. The largest absolute Gasteiger partial charge is 0.302 e. The van der Waals surface area contributed by atoms with Crippen LogP contribution < -0.4 is 5.32 Å². The van der Waals surface area contributed by atoms with Crippen molar-refractivity contribution in [1.82, 2.24) is 5.32 Å². The first-order valence-corrected chi connectivity index (χ1v) is 4.55. The fourth-order valence-corrected chi connectivity index (χ4v) is 1.02. The van der Waals surface area contributed by atoms with E-state index in [1.54, 1.807) is 0 Å². The van der Waals surface area contributed by atoms with Gasteiger partial charge >= 0.3 is 0 Å². The molecule has 0 aromatic carbocycles. The molecule has 0 bridgehead atoms. The fourth-order valence-electron chi connectivity index (χ4n) is 1.02. The first-order chi connectivity index (χ1) is 5.99. The maximum absolute atomic E-state index is 11.9. The molecule has 0 aromatic rings. The number of halogens is 1. The minimum Gasteiger partial charge on any atom is -0.302 e. The maximum Gasteiger partial charge on any atom is 0.156 e. The first-order valence-electron chi connectivity index (χ1n) is 4.55. The third-order valence-electron chi connectivity index (χ3n) is 1.65. The van der Waals surface area contributed by atoms with Crippen LogP contribution in [0.25, 0.3) is 0 Å². The van der Waals surface area contributed by atoms with Gasteiger partial charge in [0, 0.05) is 12.0 Å².